The van der Waals surface area contributed by atoms with Crippen molar-refractivity contribution in [1.29, 1.82) is 0 Å². The maximum Gasteiger partial charge on any atom is 0.0865 e. The van der Waals surface area contributed by atoms with Gasteiger partial charge in [-0.3, -0.25) is 10.2 Å². The van der Waals surface area contributed by atoms with Crippen LogP contribution in [-0.4, -0.2) is 23.5 Å². The van der Waals surface area contributed by atoms with Crippen molar-refractivity contribution in [3.05, 3.63) is 34.3 Å². The maximum absolute atomic E-state index is 3.94. The Morgan fingerprint density at radius 2 is 2.05 bits per heavy atom. The molecule has 1 saturated carbocycles. The van der Waals surface area contributed by atoms with Gasteiger partial charge >= 0.3 is 0 Å². The normalized spacial score (nSPS) is 31.3. The first-order chi connectivity index (χ1) is 9.65. The molecule has 1 heterocycles. The van der Waals surface area contributed by atoms with E-state index < -0.39 is 0 Å². The molecule has 2 aliphatic rings. The van der Waals surface area contributed by atoms with Crippen LogP contribution in [0.25, 0.3) is 0 Å². The lowest BCUT2D eigenvalue weighted by molar-refractivity contribution is 0.0184. The number of hydrogen-bond donors (Lipinski definition) is 1. The average molecular weight is 337 g/mol. The van der Waals surface area contributed by atoms with Crippen molar-refractivity contribution in [2.45, 2.75) is 57.8 Å². The van der Waals surface area contributed by atoms with Gasteiger partial charge in [-0.25, -0.2) is 0 Å². The van der Waals surface area contributed by atoms with Gasteiger partial charge in [0.1, 0.15) is 0 Å². The van der Waals surface area contributed by atoms with Gasteiger partial charge in [-0.1, -0.05) is 40.9 Å². The van der Waals surface area contributed by atoms with E-state index in [9.17, 15) is 0 Å². The highest BCUT2D eigenvalue weighted by atomic mass is 79.9. The summed E-state index contributed by atoms with van der Waals surface area (Å²) in [7, 11) is 0. The van der Waals surface area contributed by atoms with Crippen molar-refractivity contribution < 1.29 is 0 Å². The molecular weight excluding hydrogens is 312 g/mol. The van der Waals surface area contributed by atoms with E-state index in [0.29, 0.717) is 18.2 Å². The van der Waals surface area contributed by atoms with Crippen molar-refractivity contribution in [3.8, 4) is 0 Å². The number of rotatable bonds is 2. The zero-order valence-electron chi connectivity index (χ0n) is 12.5. The van der Waals surface area contributed by atoms with Gasteiger partial charge in [0.25, 0.3) is 0 Å². The predicted molar refractivity (Wildman–Crippen MR) is 87.6 cm³/mol. The second-order valence-corrected chi connectivity index (χ2v) is 7.48. The molecule has 3 heteroatoms. The number of fused-ring (bicyclic) bond motifs is 1. The summed E-state index contributed by atoms with van der Waals surface area (Å²) < 4.78 is 1.17. The third-order valence-electron chi connectivity index (χ3n) is 4.89. The molecule has 1 aliphatic heterocycles. The van der Waals surface area contributed by atoms with Crippen molar-refractivity contribution in [2.24, 2.45) is 5.92 Å². The van der Waals surface area contributed by atoms with Gasteiger partial charge in [0.2, 0.25) is 0 Å². The minimum absolute atomic E-state index is 0.367. The molecule has 1 aromatic rings. The second kappa shape index (κ2) is 6.17. The molecule has 110 valence electrons. The largest absolute Gasteiger partial charge is 0.295 e. The van der Waals surface area contributed by atoms with Crippen molar-refractivity contribution in [1.82, 2.24) is 10.2 Å². The zero-order valence-corrected chi connectivity index (χ0v) is 14.1. The Labute approximate surface area is 131 Å². The van der Waals surface area contributed by atoms with E-state index in [0.717, 1.165) is 5.92 Å². The lowest BCUT2D eigenvalue weighted by Crippen LogP contribution is -2.57. The van der Waals surface area contributed by atoms with Crippen LogP contribution in [0.15, 0.2) is 28.7 Å². The first-order valence-corrected chi connectivity index (χ1v) is 8.71. The van der Waals surface area contributed by atoms with Crippen LogP contribution >= 0.6 is 15.9 Å². The van der Waals surface area contributed by atoms with Gasteiger partial charge < -0.3 is 0 Å². The Morgan fingerprint density at radius 3 is 2.80 bits per heavy atom. The lowest BCUT2D eigenvalue weighted by atomic mass is 9.81. The summed E-state index contributed by atoms with van der Waals surface area (Å²) in [6, 6.07) is 10.1. The molecule has 0 spiro atoms. The first kappa shape index (κ1) is 14.6. The third kappa shape index (κ3) is 2.95. The first-order valence-electron chi connectivity index (χ1n) is 7.92. The molecule has 3 rings (SSSR count). The molecule has 0 unspecified atom stereocenters. The topological polar surface area (TPSA) is 15.3 Å². The maximum atomic E-state index is 3.94. The number of hydrogen-bond acceptors (Lipinski definition) is 2. The quantitative estimate of drug-likeness (QED) is 0.865. The highest BCUT2D eigenvalue weighted by Gasteiger charge is 2.37. The molecule has 3 atom stereocenters. The third-order valence-corrected chi connectivity index (χ3v) is 5.38. The monoisotopic (exact) mass is 336 g/mol. The van der Waals surface area contributed by atoms with E-state index in [2.05, 4.69) is 64.3 Å². The van der Waals surface area contributed by atoms with Gasteiger partial charge in [-0.15, -0.1) is 0 Å². The molecule has 0 bridgehead atoms. The van der Waals surface area contributed by atoms with E-state index in [1.54, 1.807) is 0 Å². The molecule has 1 N–H and O–H groups in total. The zero-order chi connectivity index (χ0) is 14.1. The van der Waals surface area contributed by atoms with Gasteiger partial charge in [-0.05, 0) is 50.3 Å². The summed E-state index contributed by atoms with van der Waals surface area (Å²) in [4.78, 5) is 2.63. The molecule has 20 heavy (non-hydrogen) atoms. The van der Waals surface area contributed by atoms with Crippen LogP contribution in [-0.2, 0) is 0 Å². The molecule has 2 nitrogen and oxygen atoms in total. The summed E-state index contributed by atoms with van der Waals surface area (Å²) in [5, 5.41) is 3.94. The van der Waals surface area contributed by atoms with Crippen LogP contribution in [0.2, 0.25) is 0 Å². The molecule has 1 saturated heterocycles. The number of nitrogens with one attached hydrogen (secondary N) is 1. The summed E-state index contributed by atoms with van der Waals surface area (Å²) in [6.45, 7) is 5.87. The summed E-state index contributed by atoms with van der Waals surface area (Å²) in [5.74, 6) is 0.842. The molecule has 1 aliphatic carbocycles. The fraction of sp³-hybridized carbons (Fsp3) is 0.647. The minimum atomic E-state index is 0.367. The highest BCUT2D eigenvalue weighted by molar-refractivity contribution is 9.10. The Bertz CT molecular complexity index is 460. The molecule has 0 amide bonds. The molecule has 0 aromatic heterocycles. The van der Waals surface area contributed by atoms with Crippen molar-refractivity contribution in [3.63, 3.8) is 0 Å². The predicted octanol–water partition coefficient (Wildman–Crippen LogP) is 4.32. The number of benzene rings is 1. The van der Waals surface area contributed by atoms with Gasteiger partial charge in [0.05, 0.1) is 6.17 Å². The average Bonchev–Trinajstić information content (AvgIpc) is 2.46. The van der Waals surface area contributed by atoms with Crippen LogP contribution < -0.4 is 5.32 Å². The summed E-state index contributed by atoms with van der Waals surface area (Å²) in [6.07, 6.45) is 5.91. The Morgan fingerprint density at radius 1 is 1.25 bits per heavy atom. The minimum Gasteiger partial charge on any atom is -0.295 e. The van der Waals surface area contributed by atoms with Crippen LogP contribution in [0.3, 0.4) is 0 Å². The van der Waals surface area contributed by atoms with E-state index in [1.807, 2.05) is 0 Å². The Hall–Kier alpha value is -0.380. The van der Waals surface area contributed by atoms with Crippen LogP contribution in [0.4, 0.5) is 0 Å². The summed E-state index contributed by atoms with van der Waals surface area (Å²) in [5.41, 5.74) is 1.39. The van der Waals surface area contributed by atoms with E-state index in [1.165, 1.54) is 42.3 Å². The van der Waals surface area contributed by atoms with Crippen LogP contribution in [0.5, 0.6) is 0 Å². The number of nitrogens with zero attached hydrogens (tertiary/aromatic N) is 1. The molecule has 0 radical (unpaired) electrons. The van der Waals surface area contributed by atoms with E-state index in [4.69, 9.17) is 0 Å². The fourth-order valence-corrected chi connectivity index (χ4v) is 4.21. The van der Waals surface area contributed by atoms with E-state index in [-0.39, 0.29) is 0 Å². The van der Waals surface area contributed by atoms with Gasteiger partial charge in [0.15, 0.2) is 0 Å². The lowest BCUT2D eigenvalue weighted by Gasteiger charge is -2.49. The molecular formula is C17H25BrN2. The van der Waals surface area contributed by atoms with Gasteiger partial charge in [0, 0.05) is 23.1 Å². The fourth-order valence-electron chi connectivity index (χ4n) is 3.79. The summed E-state index contributed by atoms with van der Waals surface area (Å²) >= 11 is 3.61. The SMILES string of the molecule is CC(C)N1C[C@@H]2CCCC[C@H]2N[C@H]1c1cccc(Br)c1. The molecule has 2 fully saturated rings. The van der Waals surface area contributed by atoms with E-state index >= 15 is 0 Å². The highest BCUT2D eigenvalue weighted by Crippen LogP contribution is 2.35. The van der Waals surface area contributed by atoms with Crippen molar-refractivity contribution >= 4 is 15.9 Å². The Kier molecular flexibility index (Phi) is 4.49. The number of halogens is 1. The molecule has 1 aromatic carbocycles. The van der Waals surface area contributed by atoms with Crippen LogP contribution in [0, 0.1) is 5.92 Å². The van der Waals surface area contributed by atoms with Crippen LogP contribution in [0.1, 0.15) is 51.3 Å². The smallest absolute Gasteiger partial charge is 0.0865 e. The van der Waals surface area contributed by atoms with Crippen molar-refractivity contribution in [2.75, 3.05) is 6.54 Å². The standard InChI is InChI=1S/C17H25BrN2/c1-12(2)20-11-14-6-3-4-9-16(14)19-17(20)13-7-5-8-15(18)10-13/h5,7-8,10,12,14,16-17,19H,3-4,6,9,11H2,1-2H3/t14-,16+,17+/m0/s1. The second-order valence-electron chi connectivity index (χ2n) is 6.57. The van der Waals surface area contributed by atoms with Gasteiger partial charge in [-0.2, -0.15) is 0 Å². The Balaban J connectivity index is 1.86.